The van der Waals surface area contributed by atoms with Crippen LogP contribution in [0, 0.1) is 11.8 Å². The Balaban J connectivity index is 1.39. The topological polar surface area (TPSA) is 41.1 Å². The summed E-state index contributed by atoms with van der Waals surface area (Å²) in [5, 5.41) is 6.22. The van der Waals surface area contributed by atoms with Crippen LogP contribution in [-0.2, 0) is 4.79 Å². The molecule has 0 aromatic heterocycles. The van der Waals surface area contributed by atoms with Crippen molar-refractivity contribution in [2.75, 3.05) is 19.6 Å². The van der Waals surface area contributed by atoms with Crippen LogP contribution in [0.5, 0.6) is 0 Å². The molecule has 0 unspecified atom stereocenters. The molecule has 0 aromatic rings. The third-order valence-corrected chi connectivity index (χ3v) is 4.00. The summed E-state index contributed by atoms with van der Waals surface area (Å²) in [6, 6.07) is 0. The predicted octanol–water partition coefficient (Wildman–Crippen LogP) is 2.07. The second kappa shape index (κ2) is 7.00. The van der Waals surface area contributed by atoms with E-state index in [9.17, 15) is 4.79 Å². The molecule has 1 amide bonds. The molecule has 0 aliphatic heterocycles. The van der Waals surface area contributed by atoms with Crippen LogP contribution in [0.3, 0.4) is 0 Å². The van der Waals surface area contributed by atoms with E-state index in [4.69, 9.17) is 0 Å². The first-order valence-corrected chi connectivity index (χ1v) is 7.32. The van der Waals surface area contributed by atoms with Crippen molar-refractivity contribution in [3.05, 3.63) is 0 Å². The zero-order chi connectivity index (χ0) is 11.9. The van der Waals surface area contributed by atoms with Gasteiger partial charge in [0.1, 0.15) is 0 Å². The highest BCUT2D eigenvalue weighted by atomic mass is 16.1. The van der Waals surface area contributed by atoms with Crippen molar-refractivity contribution in [2.24, 2.45) is 11.8 Å². The fourth-order valence-corrected chi connectivity index (χ4v) is 2.69. The number of hydrogen-bond acceptors (Lipinski definition) is 2. The fourth-order valence-electron chi connectivity index (χ4n) is 2.69. The Labute approximate surface area is 105 Å². The Hall–Kier alpha value is -0.570. The van der Waals surface area contributed by atoms with Crippen molar-refractivity contribution in [3.63, 3.8) is 0 Å². The van der Waals surface area contributed by atoms with Crippen LogP contribution in [0.15, 0.2) is 0 Å². The molecule has 2 rings (SSSR count). The van der Waals surface area contributed by atoms with Gasteiger partial charge in [0, 0.05) is 6.54 Å². The highest BCUT2D eigenvalue weighted by molar-refractivity contribution is 5.77. The molecule has 98 valence electrons. The van der Waals surface area contributed by atoms with E-state index in [-0.39, 0.29) is 5.91 Å². The van der Waals surface area contributed by atoms with E-state index in [1.807, 2.05) is 0 Å². The van der Waals surface area contributed by atoms with E-state index in [1.54, 1.807) is 0 Å². The van der Waals surface area contributed by atoms with E-state index in [2.05, 4.69) is 10.6 Å². The standard InChI is InChI=1S/C14H26N2O/c17-14(11-15-10-13-7-8-13)16-9-3-6-12-4-1-2-5-12/h12-13,15H,1-11H2,(H,16,17). The first-order valence-electron chi connectivity index (χ1n) is 7.32. The molecule has 0 bridgehead atoms. The van der Waals surface area contributed by atoms with Crippen molar-refractivity contribution in [2.45, 2.75) is 51.4 Å². The minimum absolute atomic E-state index is 0.164. The molecule has 0 aromatic carbocycles. The van der Waals surface area contributed by atoms with Crippen LogP contribution in [0.2, 0.25) is 0 Å². The van der Waals surface area contributed by atoms with Gasteiger partial charge < -0.3 is 10.6 Å². The summed E-state index contributed by atoms with van der Waals surface area (Å²) >= 11 is 0. The SMILES string of the molecule is O=C(CNCC1CC1)NCCCC1CCCC1. The molecule has 3 heteroatoms. The lowest BCUT2D eigenvalue weighted by molar-refractivity contribution is -0.120. The minimum Gasteiger partial charge on any atom is -0.355 e. The Morgan fingerprint density at radius 2 is 1.82 bits per heavy atom. The van der Waals surface area contributed by atoms with Gasteiger partial charge in [-0.2, -0.15) is 0 Å². The molecule has 3 nitrogen and oxygen atoms in total. The van der Waals surface area contributed by atoms with Gasteiger partial charge in [0.05, 0.1) is 6.54 Å². The first kappa shape index (κ1) is 12.9. The number of carbonyl (C=O) groups excluding carboxylic acids is 1. The number of rotatable bonds is 8. The van der Waals surface area contributed by atoms with E-state index >= 15 is 0 Å². The normalized spacial score (nSPS) is 20.7. The van der Waals surface area contributed by atoms with Crippen LogP contribution >= 0.6 is 0 Å². The maximum absolute atomic E-state index is 11.5. The van der Waals surface area contributed by atoms with Crippen molar-refractivity contribution in [1.29, 1.82) is 0 Å². The molecule has 2 aliphatic rings. The van der Waals surface area contributed by atoms with E-state index in [1.165, 1.54) is 44.9 Å². The van der Waals surface area contributed by atoms with Gasteiger partial charge in [-0.25, -0.2) is 0 Å². The molecule has 2 fully saturated rings. The summed E-state index contributed by atoms with van der Waals surface area (Å²) in [6.45, 7) is 2.38. The van der Waals surface area contributed by atoms with Crippen molar-refractivity contribution < 1.29 is 4.79 Å². The number of carbonyl (C=O) groups is 1. The third-order valence-electron chi connectivity index (χ3n) is 4.00. The summed E-state index contributed by atoms with van der Waals surface area (Å²) in [5.41, 5.74) is 0. The van der Waals surface area contributed by atoms with E-state index < -0.39 is 0 Å². The van der Waals surface area contributed by atoms with Gasteiger partial charge in [0.25, 0.3) is 0 Å². The lowest BCUT2D eigenvalue weighted by Gasteiger charge is -2.09. The molecule has 0 saturated heterocycles. The van der Waals surface area contributed by atoms with Crippen molar-refractivity contribution >= 4 is 5.91 Å². The van der Waals surface area contributed by atoms with Crippen molar-refractivity contribution in [3.8, 4) is 0 Å². The maximum atomic E-state index is 11.5. The second-order valence-electron chi connectivity index (χ2n) is 5.72. The van der Waals surface area contributed by atoms with Gasteiger partial charge in [0.15, 0.2) is 0 Å². The Morgan fingerprint density at radius 3 is 2.53 bits per heavy atom. The average Bonchev–Trinajstić information content (AvgIpc) is 3.00. The third kappa shape index (κ3) is 5.53. The summed E-state index contributed by atoms with van der Waals surface area (Å²) in [5.74, 6) is 1.96. The molecule has 2 saturated carbocycles. The fraction of sp³-hybridized carbons (Fsp3) is 0.929. The second-order valence-corrected chi connectivity index (χ2v) is 5.72. The van der Waals surface area contributed by atoms with Crippen molar-refractivity contribution in [1.82, 2.24) is 10.6 Å². The Bertz CT molecular complexity index is 232. The van der Waals surface area contributed by atoms with Gasteiger partial charge in [0.2, 0.25) is 5.91 Å². The highest BCUT2D eigenvalue weighted by Gasteiger charge is 2.20. The van der Waals surface area contributed by atoms with Gasteiger partial charge in [-0.15, -0.1) is 0 Å². The molecule has 2 aliphatic carbocycles. The van der Waals surface area contributed by atoms with Crippen LogP contribution in [0.25, 0.3) is 0 Å². The summed E-state index contributed by atoms with van der Waals surface area (Å²) in [7, 11) is 0. The molecule has 0 radical (unpaired) electrons. The molecule has 17 heavy (non-hydrogen) atoms. The lowest BCUT2D eigenvalue weighted by atomic mass is 10.0. The maximum Gasteiger partial charge on any atom is 0.233 e. The molecular formula is C14H26N2O. The first-order chi connectivity index (χ1) is 8.34. The van der Waals surface area contributed by atoms with Gasteiger partial charge >= 0.3 is 0 Å². The quantitative estimate of drug-likeness (QED) is 0.636. The smallest absolute Gasteiger partial charge is 0.233 e. The zero-order valence-electron chi connectivity index (χ0n) is 10.8. The number of amides is 1. The van der Waals surface area contributed by atoms with Gasteiger partial charge in [-0.3, -0.25) is 4.79 Å². The monoisotopic (exact) mass is 238 g/mol. The van der Waals surface area contributed by atoms with Gasteiger partial charge in [-0.05, 0) is 44.1 Å². The lowest BCUT2D eigenvalue weighted by Crippen LogP contribution is -2.35. The van der Waals surface area contributed by atoms with Crippen LogP contribution in [0.4, 0.5) is 0 Å². The molecule has 0 atom stereocenters. The van der Waals surface area contributed by atoms with E-state index in [0.29, 0.717) is 6.54 Å². The Morgan fingerprint density at radius 1 is 1.06 bits per heavy atom. The number of nitrogens with one attached hydrogen (secondary N) is 2. The van der Waals surface area contributed by atoms with Crippen LogP contribution in [0.1, 0.15) is 51.4 Å². The van der Waals surface area contributed by atoms with Gasteiger partial charge in [-0.1, -0.05) is 25.7 Å². The van der Waals surface area contributed by atoms with E-state index in [0.717, 1.165) is 31.3 Å². The highest BCUT2D eigenvalue weighted by Crippen LogP contribution is 2.28. The molecule has 2 N–H and O–H groups in total. The minimum atomic E-state index is 0.164. The summed E-state index contributed by atoms with van der Waals surface area (Å²) < 4.78 is 0. The predicted molar refractivity (Wildman–Crippen MR) is 69.8 cm³/mol. The summed E-state index contributed by atoms with van der Waals surface area (Å²) in [4.78, 5) is 11.5. The average molecular weight is 238 g/mol. The van der Waals surface area contributed by atoms with Crippen LogP contribution < -0.4 is 10.6 Å². The number of hydrogen-bond donors (Lipinski definition) is 2. The molecule has 0 spiro atoms. The molecule has 0 heterocycles. The largest absolute Gasteiger partial charge is 0.355 e. The zero-order valence-corrected chi connectivity index (χ0v) is 10.8. The van der Waals surface area contributed by atoms with Crippen LogP contribution in [-0.4, -0.2) is 25.5 Å². The Kier molecular flexibility index (Phi) is 5.30. The summed E-state index contributed by atoms with van der Waals surface area (Å²) in [6.07, 6.45) is 10.8. The molecular weight excluding hydrogens is 212 g/mol.